The van der Waals surface area contributed by atoms with Crippen molar-refractivity contribution >= 4 is 16.4 Å². The maximum Gasteiger partial charge on any atom is 0.239 e. The molecule has 96 valence electrons. The molecule has 0 fully saturated rings. The molecule has 0 bridgehead atoms. The van der Waals surface area contributed by atoms with Gasteiger partial charge in [0.1, 0.15) is 5.75 Å². The van der Waals surface area contributed by atoms with Crippen molar-refractivity contribution in [3.63, 3.8) is 0 Å². The average Bonchev–Trinajstić information content (AvgIpc) is 2.95. The third-order valence-corrected chi connectivity index (χ3v) is 2.99. The smallest absolute Gasteiger partial charge is 0.239 e. The predicted molar refractivity (Wildman–Crippen MR) is 72.6 cm³/mol. The van der Waals surface area contributed by atoms with Gasteiger partial charge in [0, 0.05) is 6.07 Å². The number of tetrazole rings is 1. The molecule has 0 unspecified atom stereocenters. The minimum absolute atomic E-state index is 0.445. The van der Waals surface area contributed by atoms with Crippen LogP contribution in [-0.4, -0.2) is 25.3 Å². The zero-order valence-corrected chi connectivity index (χ0v) is 10.3. The number of ether oxygens (including phenoxy) is 1. The minimum atomic E-state index is 0.445. The molecule has 4 aromatic rings. The Labute approximate surface area is 113 Å². The monoisotopic (exact) mass is 263 g/mol. The van der Waals surface area contributed by atoms with E-state index in [2.05, 4.69) is 26.7 Å². The van der Waals surface area contributed by atoms with Crippen LogP contribution in [0, 0.1) is 0 Å². The van der Waals surface area contributed by atoms with Crippen LogP contribution in [-0.2, 0) is 0 Å². The van der Waals surface area contributed by atoms with Gasteiger partial charge in [-0.3, -0.25) is 0 Å². The van der Waals surface area contributed by atoms with Crippen LogP contribution in [0.5, 0.6) is 11.6 Å². The van der Waals surface area contributed by atoms with Crippen LogP contribution in [0.25, 0.3) is 16.4 Å². The van der Waals surface area contributed by atoms with Gasteiger partial charge >= 0.3 is 0 Å². The summed E-state index contributed by atoms with van der Waals surface area (Å²) >= 11 is 0. The van der Waals surface area contributed by atoms with E-state index in [1.165, 1.54) is 10.0 Å². The molecule has 0 atom stereocenters. The lowest BCUT2D eigenvalue weighted by molar-refractivity contribution is 0.447. The van der Waals surface area contributed by atoms with Crippen LogP contribution >= 0.6 is 0 Å². The predicted octanol–water partition coefficient (Wildman–Crippen LogP) is 2.46. The number of hydrogen-bond donors (Lipinski definition) is 0. The Morgan fingerprint density at radius 3 is 2.75 bits per heavy atom. The van der Waals surface area contributed by atoms with Crippen LogP contribution in [0.3, 0.4) is 0 Å². The molecule has 0 radical (unpaired) electrons. The van der Waals surface area contributed by atoms with E-state index in [1.807, 2.05) is 36.4 Å². The molecule has 6 heteroatoms. The molecule has 4 rings (SSSR count). The van der Waals surface area contributed by atoms with Crippen molar-refractivity contribution in [2.45, 2.75) is 0 Å². The molecule has 20 heavy (non-hydrogen) atoms. The number of fused-ring (bicyclic) bond motifs is 2. The highest BCUT2D eigenvalue weighted by Gasteiger charge is 2.03. The molecule has 0 aliphatic heterocycles. The van der Waals surface area contributed by atoms with Gasteiger partial charge in [-0.2, -0.15) is 0 Å². The van der Waals surface area contributed by atoms with Crippen molar-refractivity contribution in [2.24, 2.45) is 0 Å². The summed E-state index contributed by atoms with van der Waals surface area (Å²) < 4.78 is 7.07. The molecule has 6 nitrogen and oxygen atoms in total. The summed E-state index contributed by atoms with van der Waals surface area (Å²) in [5.41, 5.74) is 0.580. The topological polar surface area (TPSA) is 65.2 Å². The number of aromatic nitrogens is 5. The Hall–Kier alpha value is -3.02. The summed E-state index contributed by atoms with van der Waals surface area (Å²) in [6.07, 6.45) is 0. The third kappa shape index (κ3) is 1.83. The Kier molecular flexibility index (Phi) is 2.32. The molecule has 0 saturated carbocycles. The summed E-state index contributed by atoms with van der Waals surface area (Å²) in [4.78, 5) is 0. The van der Waals surface area contributed by atoms with Gasteiger partial charge in [0.25, 0.3) is 0 Å². The average molecular weight is 263 g/mol. The summed E-state index contributed by atoms with van der Waals surface area (Å²) in [6.45, 7) is 0. The molecular weight excluding hydrogens is 254 g/mol. The second-order valence-electron chi connectivity index (χ2n) is 4.31. The van der Waals surface area contributed by atoms with E-state index < -0.39 is 0 Å². The van der Waals surface area contributed by atoms with E-state index in [9.17, 15) is 0 Å². The van der Waals surface area contributed by atoms with E-state index in [0.29, 0.717) is 11.5 Å². The van der Waals surface area contributed by atoms with E-state index in [-0.39, 0.29) is 0 Å². The molecule has 2 aromatic heterocycles. The van der Waals surface area contributed by atoms with E-state index in [4.69, 9.17) is 4.74 Å². The van der Waals surface area contributed by atoms with E-state index in [1.54, 1.807) is 12.1 Å². The van der Waals surface area contributed by atoms with Gasteiger partial charge in [0.2, 0.25) is 5.88 Å². The Morgan fingerprint density at radius 2 is 1.80 bits per heavy atom. The third-order valence-electron chi connectivity index (χ3n) is 2.99. The minimum Gasteiger partial charge on any atom is -0.437 e. The standard InChI is InChI=1S/C14H9N5O/c1-2-4-11-9-12(6-5-10(11)3-1)20-14-8-7-13-15-17-18-19(13)16-14/h1-9H. The highest BCUT2D eigenvalue weighted by Crippen LogP contribution is 2.24. The molecule has 0 N–H and O–H groups in total. The van der Waals surface area contributed by atoms with Crippen LogP contribution < -0.4 is 4.74 Å². The molecule has 0 saturated heterocycles. The fourth-order valence-corrected chi connectivity index (χ4v) is 2.04. The van der Waals surface area contributed by atoms with Gasteiger partial charge in [-0.05, 0) is 39.4 Å². The fourth-order valence-electron chi connectivity index (χ4n) is 2.04. The number of nitrogens with zero attached hydrogens (tertiary/aromatic N) is 5. The largest absolute Gasteiger partial charge is 0.437 e. The van der Waals surface area contributed by atoms with Gasteiger partial charge in [-0.25, -0.2) is 0 Å². The molecule has 0 aliphatic carbocycles. The SMILES string of the molecule is c1ccc2cc(Oc3ccc4nnnn4n3)ccc2c1. The molecular formula is C14H9N5O. The van der Waals surface area contributed by atoms with Gasteiger partial charge in [0.15, 0.2) is 5.65 Å². The van der Waals surface area contributed by atoms with Crippen molar-refractivity contribution in [1.29, 1.82) is 0 Å². The van der Waals surface area contributed by atoms with E-state index >= 15 is 0 Å². The van der Waals surface area contributed by atoms with Crippen molar-refractivity contribution < 1.29 is 4.74 Å². The lowest BCUT2D eigenvalue weighted by Gasteiger charge is -2.05. The normalized spacial score (nSPS) is 11.0. The summed E-state index contributed by atoms with van der Waals surface area (Å²) in [6, 6.07) is 17.5. The highest BCUT2D eigenvalue weighted by molar-refractivity contribution is 5.83. The van der Waals surface area contributed by atoms with Crippen LogP contribution in [0.4, 0.5) is 0 Å². The molecule has 2 aromatic carbocycles. The van der Waals surface area contributed by atoms with Crippen LogP contribution in [0.15, 0.2) is 54.6 Å². The van der Waals surface area contributed by atoms with Crippen molar-refractivity contribution in [1.82, 2.24) is 25.3 Å². The summed E-state index contributed by atoms with van der Waals surface area (Å²) in [5.74, 6) is 1.17. The fraction of sp³-hybridized carbons (Fsp3) is 0. The van der Waals surface area contributed by atoms with Crippen LogP contribution in [0.2, 0.25) is 0 Å². The second-order valence-corrected chi connectivity index (χ2v) is 4.31. The maximum absolute atomic E-state index is 5.74. The quantitative estimate of drug-likeness (QED) is 0.556. The van der Waals surface area contributed by atoms with Crippen molar-refractivity contribution in [2.75, 3.05) is 0 Å². The van der Waals surface area contributed by atoms with Crippen molar-refractivity contribution in [3.05, 3.63) is 54.6 Å². The summed E-state index contributed by atoms with van der Waals surface area (Å²) in [7, 11) is 0. The molecule has 0 amide bonds. The highest BCUT2D eigenvalue weighted by atomic mass is 16.5. The Balaban J connectivity index is 1.72. The summed E-state index contributed by atoms with van der Waals surface area (Å²) in [5, 5.41) is 17.5. The molecule has 2 heterocycles. The number of rotatable bonds is 2. The van der Waals surface area contributed by atoms with Gasteiger partial charge in [-0.15, -0.1) is 14.8 Å². The lowest BCUT2D eigenvalue weighted by atomic mass is 10.1. The van der Waals surface area contributed by atoms with Crippen molar-refractivity contribution in [3.8, 4) is 11.6 Å². The van der Waals surface area contributed by atoms with Gasteiger partial charge in [-0.1, -0.05) is 30.3 Å². The van der Waals surface area contributed by atoms with Crippen LogP contribution in [0.1, 0.15) is 0 Å². The Morgan fingerprint density at radius 1 is 0.900 bits per heavy atom. The number of hydrogen-bond acceptors (Lipinski definition) is 5. The van der Waals surface area contributed by atoms with E-state index in [0.717, 1.165) is 11.1 Å². The molecule has 0 spiro atoms. The zero-order valence-electron chi connectivity index (χ0n) is 10.3. The first-order chi connectivity index (χ1) is 9.88. The first-order valence-electron chi connectivity index (χ1n) is 6.11. The second kappa shape index (κ2) is 4.27. The lowest BCUT2D eigenvalue weighted by Crippen LogP contribution is -1.97. The Bertz CT molecular complexity index is 902. The maximum atomic E-state index is 5.74. The first-order valence-corrected chi connectivity index (χ1v) is 6.11. The van der Waals surface area contributed by atoms with Gasteiger partial charge in [0.05, 0.1) is 0 Å². The first kappa shape index (κ1) is 10.9. The molecule has 0 aliphatic rings. The zero-order chi connectivity index (χ0) is 13.4. The van der Waals surface area contributed by atoms with Gasteiger partial charge < -0.3 is 4.74 Å². The number of benzene rings is 2.